The van der Waals surface area contributed by atoms with Gasteiger partial charge in [0, 0.05) is 5.56 Å². The van der Waals surface area contributed by atoms with Crippen molar-refractivity contribution < 1.29 is 19.4 Å². The second kappa shape index (κ2) is 5.27. The normalized spacial score (nSPS) is 11.9. The first kappa shape index (κ1) is 12.2. The van der Waals surface area contributed by atoms with E-state index in [2.05, 4.69) is 0 Å². The Morgan fingerprint density at radius 2 is 1.94 bits per heavy atom. The summed E-state index contributed by atoms with van der Waals surface area (Å²) in [5, 5.41) is 8.39. The van der Waals surface area contributed by atoms with Crippen molar-refractivity contribution in [1.82, 2.24) is 0 Å². The first-order valence-corrected chi connectivity index (χ1v) is 4.75. The maximum atomic E-state index is 11.5. The van der Waals surface area contributed by atoms with Crippen LogP contribution in [-0.4, -0.2) is 29.5 Å². The van der Waals surface area contributed by atoms with Crippen molar-refractivity contribution in [3.05, 3.63) is 29.8 Å². The van der Waals surface area contributed by atoms with E-state index in [1.54, 1.807) is 31.2 Å². The summed E-state index contributed by atoms with van der Waals surface area (Å²) in [6.07, 6.45) is 0. The topological polar surface area (TPSA) is 89.6 Å². The number of ether oxygens (including phenoxy) is 1. The molecule has 16 heavy (non-hydrogen) atoms. The number of nitrogens with two attached hydrogens (primary N) is 1. The molecule has 0 fully saturated rings. The number of carboxylic acid groups (broad SMARTS) is 1. The first-order chi connectivity index (χ1) is 7.50. The predicted molar refractivity (Wildman–Crippen MR) is 57.6 cm³/mol. The van der Waals surface area contributed by atoms with Crippen molar-refractivity contribution in [2.75, 3.05) is 6.61 Å². The second-order valence-corrected chi connectivity index (χ2v) is 3.36. The number of ketones is 1. The van der Waals surface area contributed by atoms with Gasteiger partial charge in [-0.25, -0.2) is 4.79 Å². The third-order valence-corrected chi connectivity index (χ3v) is 1.91. The van der Waals surface area contributed by atoms with Gasteiger partial charge in [-0.3, -0.25) is 4.79 Å². The zero-order valence-corrected chi connectivity index (χ0v) is 8.84. The predicted octanol–water partition coefficient (Wildman–Crippen LogP) is 0.680. The third kappa shape index (κ3) is 3.36. The minimum absolute atomic E-state index is 0.162. The molecule has 1 atom stereocenters. The van der Waals surface area contributed by atoms with Crippen molar-refractivity contribution in [3.8, 4) is 5.75 Å². The van der Waals surface area contributed by atoms with E-state index in [0.717, 1.165) is 0 Å². The van der Waals surface area contributed by atoms with Crippen molar-refractivity contribution in [2.45, 2.75) is 13.0 Å². The first-order valence-electron chi connectivity index (χ1n) is 4.75. The molecule has 5 heteroatoms. The summed E-state index contributed by atoms with van der Waals surface area (Å²) in [6, 6.07) is 5.65. The highest BCUT2D eigenvalue weighted by molar-refractivity contribution is 5.99. The lowest BCUT2D eigenvalue weighted by atomic mass is 10.1. The number of hydrogen-bond donors (Lipinski definition) is 2. The zero-order valence-electron chi connectivity index (χ0n) is 8.84. The maximum Gasteiger partial charge on any atom is 0.341 e. The largest absolute Gasteiger partial charge is 0.482 e. The van der Waals surface area contributed by atoms with Crippen molar-refractivity contribution in [3.63, 3.8) is 0 Å². The van der Waals surface area contributed by atoms with Gasteiger partial charge in [-0.2, -0.15) is 0 Å². The highest BCUT2D eigenvalue weighted by Crippen LogP contribution is 2.13. The molecule has 1 aromatic rings. The molecule has 0 heterocycles. The number of aliphatic carboxylic acids is 1. The van der Waals surface area contributed by atoms with Gasteiger partial charge in [0.2, 0.25) is 0 Å². The SMILES string of the molecule is C[C@H](N)C(=O)c1ccc(OCC(=O)O)cc1. The quantitative estimate of drug-likeness (QED) is 0.716. The standard InChI is InChI=1S/C11H13NO4/c1-7(12)11(15)8-2-4-9(5-3-8)16-6-10(13)14/h2-5,7H,6,12H2,1H3,(H,13,14)/t7-/m0/s1. The number of carbonyl (C=O) groups is 2. The van der Waals surface area contributed by atoms with Gasteiger partial charge >= 0.3 is 5.97 Å². The lowest BCUT2D eigenvalue weighted by Crippen LogP contribution is -2.26. The molecular weight excluding hydrogens is 210 g/mol. The van der Waals surface area contributed by atoms with Crippen LogP contribution in [0.3, 0.4) is 0 Å². The minimum Gasteiger partial charge on any atom is -0.482 e. The van der Waals surface area contributed by atoms with Gasteiger partial charge in [-0.15, -0.1) is 0 Å². The van der Waals surface area contributed by atoms with E-state index in [4.69, 9.17) is 15.6 Å². The Morgan fingerprint density at radius 3 is 2.38 bits per heavy atom. The highest BCUT2D eigenvalue weighted by atomic mass is 16.5. The summed E-state index contributed by atoms with van der Waals surface area (Å²) in [4.78, 5) is 21.7. The molecule has 5 nitrogen and oxygen atoms in total. The fourth-order valence-corrected chi connectivity index (χ4v) is 1.12. The maximum absolute atomic E-state index is 11.5. The third-order valence-electron chi connectivity index (χ3n) is 1.91. The molecule has 0 saturated heterocycles. The van der Waals surface area contributed by atoms with Crippen molar-refractivity contribution in [1.29, 1.82) is 0 Å². The van der Waals surface area contributed by atoms with Crippen LogP contribution in [0.25, 0.3) is 0 Å². The number of carboxylic acids is 1. The van der Waals surface area contributed by atoms with Crippen LogP contribution in [0.4, 0.5) is 0 Å². The van der Waals surface area contributed by atoms with Crippen LogP contribution in [-0.2, 0) is 4.79 Å². The van der Waals surface area contributed by atoms with Crippen LogP contribution in [0.5, 0.6) is 5.75 Å². The zero-order chi connectivity index (χ0) is 12.1. The Bertz CT molecular complexity index is 383. The average Bonchev–Trinajstić information content (AvgIpc) is 2.26. The molecule has 0 unspecified atom stereocenters. The monoisotopic (exact) mass is 223 g/mol. The molecular formula is C11H13NO4. The molecule has 0 aliphatic rings. The second-order valence-electron chi connectivity index (χ2n) is 3.36. The van der Waals surface area contributed by atoms with Gasteiger partial charge < -0.3 is 15.6 Å². The highest BCUT2D eigenvalue weighted by Gasteiger charge is 2.10. The van der Waals surface area contributed by atoms with E-state index in [1.807, 2.05) is 0 Å². The van der Waals surface area contributed by atoms with Gasteiger partial charge in [0.05, 0.1) is 6.04 Å². The molecule has 0 aliphatic carbocycles. The fourth-order valence-electron chi connectivity index (χ4n) is 1.12. The van der Waals surface area contributed by atoms with E-state index in [1.165, 1.54) is 0 Å². The molecule has 1 aromatic carbocycles. The van der Waals surface area contributed by atoms with Gasteiger partial charge in [0.15, 0.2) is 12.4 Å². The van der Waals surface area contributed by atoms with Crippen LogP contribution in [0.15, 0.2) is 24.3 Å². The molecule has 0 radical (unpaired) electrons. The Morgan fingerprint density at radius 1 is 1.38 bits per heavy atom. The summed E-state index contributed by atoms with van der Waals surface area (Å²) < 4.78 is 4.92. The van der Waals surface area contributed by atoms with Crippen LogP contribution in [0.2, 0.25) is 0 Å². The molecule has 0 spiro atoms. The van der Waals surface area contributed by atoms with Gasteiger partial charge in [-0.05, 0) is 31.2 Å². The van der Waals surface area contributed by atoms with Crippen molar-refractivity contribution >= 4 is 11.8 Å². The van der Waals surface area contributed by atoms with E-state index in [0.29, 0.717) is 11.3 Å². The van der Waals surface area contributed by atoms with E-state index < -0.39 is 18.6 Å². The molecule has 0 aliphatic heterocycles. The number of Topliss-reactive ketones (excluding diaryl/α,β-unsaturated/α-hetero) is 1. The van der Waals surface area contributed by atoms with Crippen LogP contribution < -0.4 is 10.5 Å². The number of carbonyl (C=O) groups excluding carboxylic acids is 1. The average molecular weight is 223 g/mol. The Labute approximate surface area is 92.8 Å². The van der Waals surface area contributed by atoms with E-state index >= 15 is 0 Å². The lowest BCUT2D eigenvalue weighted by molar-refractivity contribution is -0.139. The van der Waals surface area contributed by atoms with E-state index in [-0.39, 0.29) is 5.78 Å². The summed E-state index contributed by atoms with van der Waals surface area (Å²) in [6.45, 7) is 1.21. The smallest absolute Gasteiger partial charge is 0.341 e. The lowest BCUT2D eigenvalue weighted by Gasteiger charge is -2.06. The fraction of sp³-hybridized carbons (Fsp3) is 0.273. The number of benzene rings is 1. The van der Waals surface area contributed by atoms with Gasteiger partial charge in [0.1, 0.15) is 5.75 Å². The van der Waals surface area contributed by atoms with Crippen LogP contribution in [0, 0.1) is 0 Å². The molecule has 1 rings (SSSR count). The molecule has 0 bridgehead atoms. The summed E-state index contributed by atoms with van der Waals surface area (Å²) in [7, 11) is 0. The number of rotatable bonds is 5. The van der Waals surface area contributed by atoms with Gasteiger partial charge in [-0.1, -0.05) is 0 Å². The van der Waals surface area contributed by atoms with Crippen LogP contribution >= 0.6 is 0 Å². The van der Waals surface area contributed by atoms with Crippen LogP contribution in [0.1, 0.15) is 17.3 Å². The molecule has 86 valence electrons. The van der Waals surface area contributed by atoms with E-state index in [9.17, 15) is 9.59 Å². The summed E-state index contributed by atoms with van der Waals surface area (Å²) in [5.41, 5.74) is 5.93. The summed E-state index contributed by atoms with van der Waals surface area (Å²) >= 11 is 0. The number of hydrogen-bond acceptors (Lipinski definition) is 4. The molecule has 0 saturated carbocycles. The Hall–Kier alpha value is -1.88. The Kier molecular flexibility index (Phi) is 4.02. The van der Waals surface area contributed by atoms with Gasteiger partial charge in [0.25, 0.3) is 0 Å². The molecule has 0 aromatic heterocycles. The molecule has 0 amide bonds. The minimum atomic E-state index is -1.05. The Balaban J connectivity index is 2.68. The molecule has 3 N–H and O–H groups in total. The summed E-state index contributed by atoms with van der Waals surface area (Å²) in [5.74, 6) is -0.802. The van der Waals surface area contributed by atoms with Crippen molar-refractivity contribution in [2.24, 2.45) is 5.73 Å².